The van der Waals surface area contributed by atoms with Gasteiger partial charge in [-0.25, -0.2) is 4.79 Å². The number of carbonyl (C=O) groups excluding carboxylic acids is 1. The van der Waals surface area contributed by atoms with Crippen molar-refractivity contribution in [3.8, 4) is 0 Å². The van der Waals surface area contributed by atoms with Gasteiger partial charge in [0.05, 0.1) is 13.2 Å². The van der Waals surface area contributed by atoms with Crippen molar-refractivity contribution in [1.82, 2.24) is 4.90 Å². The lowest BCUT2D eigenvalue weighted by Crippen LogP contribution is -2.53. The van der Waals surface area contributed by atoms with Crippen molar-refractivity contribution in [1.29, 1.82) is 0 Å². The van der Waals surface area contributed by atoms with Gasteiger partial charge in [0.15, 0.2) is 0 Å². The number of amides is 1. The summed E-state index contributed by atoms with van der Waals surface area (Å²) in [6.07, 6.45) is -0.234. The lowest BCUT2D eigenvalue weighted by molar-refractivity contribution is -0.0194. The highest BCUT2D eigenvalue weighted by Crippen LogP contribution is 2.19. The van der Waals surface area contributed by atoms with Crippen LogP contribution in [-0.2, 0) is 9.47 Å². The third-order valence-corrected chi connectivity index (χ3v) is 2.22. The Morgan fingerprint density at radius 1 is 1.44 bits per heavy atom. The first-order chi connectivity index (χ1) is 7.42. The van der Waals surface area contributed by atoms with Crippen molar-refractivity contribution in [2.75, 3.05) is 32.8 Å². The van der Waals surface area contributed by atoms with Crippen molar-refractivity contribution < 1.29 is 14.3 Å². The molecule has 0 aromatic carbocycles. The Balaban J connectivity index is 2.13. The van der Waals surface area contributed by atoms with Crippen LogP contribution in [0.5, 0.6) is 0 Å². The average Bonchev–Trinajstić information content (AvgIpc) is 2.05. The summed E-state index contributed by atoms with van der Waals surface area (Å²) in [5, 5.41) is 0. The highest BCUT2D eigenvalue weighted by molar-refractivity contribution is 5.69. The van der Waals surface area contributed by atoms with Gasteiger partial charge in [-0.3, -0.25) is 0 Å². The van der Waals surface area contributed by atoms with Gasteiger partial charge in [-0.15, -0.1) is 0 Å². The fourth-order valence-electron chi connectivity index (χ4n) is 1.48. The fraction of sp³-hybridized carbons (Fsp3) is 0.909. The van der Waals surface area contributed by atoms with Gasteiger partial charge in [-0.05, 0) is 20.8 Å². The number of hydrogen-bond donors (Lipinski definition) is 1. The number of ether oxygens (including phenoxy) is 2. The van der Waals surface area contributed by atoms with E-state index >= 15 is 0 Å². The summed E-state index contributed by atoms with van der Waals surface area (Å²) in [7, 11) is 0. The standard InChI is InChI=1S/C11H22N2O3/c1-11(2,3)16-10(14)13-6-9(7-13)8-15-5-4-12/h9H,4-8,12H2,1-3H3. The minimum Gasteiger partial charge on any atom is -0.444 e. The molecule has 0 spiro atoms. The van der Waals surface area contributed by atoms with Gasteiger partial charge in [0.25, 0.3) is 0 Å². The van der Waals surface area contributed by atoms with Crippen LogP contribution in [0.25, 0.3) is 0 Å². The summed E-state index contributed by atoms with van der Waals surface area (Å²) < 4.78 is 10.6. The monoisotopic (exact) mass is 230 g/mol. The van der Waals surface area contributed by atoms with Crippen LogP contribution in [0.15, 0.2) is 0 Å². The molecule has 1 rings (SSSR count). The third-order valence-electron chi connectivity index (χ3n) is 2.22. The molecule has 0 bridgehead atoms. The molecule has 0 atom stereocenters. The topological polar surface area (TPSA) is 64.8 Å². The molecule has 2 N–H and O–H groups in total. The van der Waals surface area contributed by atoms with Crippen LogP contribution in [0.1, 0.15) is 20.8 Å². The Labute approximate surface area is 96.9 Å². The van der Waals surface area contributed by atoms with E-state index in [-0.39, 0.29) is 6.09 Å². The predicted octanol–water partition coefficient (Wildman–Crippen LogP) is 0.829. The van der Waals surface area contributed by atoms with Crippen LogP contribution in [0.4, 0.5) is 4.79 Å². The first-order valence-electron chi connectivity index (χ1n) is 5.68. The van der Waals surface area contributed by atoms with Crippen LogP contribution >= 0.6 is 0 Å². The smallest absolute Gasteiger partial charge is 0.410 e. The Bertz CT molecular complexity index is 232. The molecule has 1 aliphatic heterocycles. The maximum atomic E-state index is 11.6. The molecule has 1 aliphatic rings. The molecule has 1 saturated heterocycles. The highest BCUT2D eigenvalue weighted by Gasteiger charge is 2.33. The second kappa shape index (κ2) is 5.50. The van der Waals surface area contributed by atoms with Crippen LogP contribution in [-0.4, -0.2) is 49.4 Å². The van der Waals surface area contributed by atoms with Crippen LogP contribution < -0.4 is 5.73 Å². The molecule has 1 fully saturated rings. The Morgan fingerprint density at radius 3 is 2.56 bits per heavy atom. The van der Waals surface area contributed by atoms with Gasteiger partial charge in [0.2, 0.25) is 0 Å². The van der Waals surface area contributed by atoms with Crippen LogP contribution in [0, 0.1) is 5.92 Å². The van der Waals surface area contributed by atoms with Crippen LogP contribution in [0.2, 0.25) is 0 Å². The van der Waals surface area contributed by atoms with E-state index in [1.807, 2.05) is 20.8 Å². The SMILES string of the molecule is CC(C)(C)OC(=O)N1CC(COCCN)C1. The molecule has 5 heteroatoms. The molecule has 0 unspecified atom stereocenters. The quantitative estimate of drug-likeness (QED) is 0.726. The summed E-state index contributed by atoms with van der Waals surface area (Å²) in [5.41, 5.74) is 4.89. The van der Waals surface area contributed by atoms with E-state index in [0.717, 1.165) is 13.1 Å². The van der Waals surface area contributed by atoms with E-state index in [9.17, 15) is 4.79 Å². The zero-order valence-electron chi connectivity index (χ0n) is 10.4. The Morgan fingerprint density at radius 2 is 2.06 bits per heavy atom. The maximum absolute atomic E-state index is 11.6. The zero-order chi connectivity index (χ0) is 12.2. The minimum atomic E-state index is -0.418. The largest absolute Gasteiger partial charge is 0.444 e. The highest BCUT2D eigenvalue weighted by atomic mass is 16.6. The Hall–Kier alpha value is -0.810. The molecule has 94 valence electrons. The molecular formula is C11H22N2O3. The molecular weight excluding hydrogens is 208 g/mol. The molecule has 1 amide bonds. The maximum Gasteiger partial charge on any atom is 0.410 e. The molecule has 1 heterocycles. The number of nitrogens with zero attached hydrogens (tertiary/aromatic N) is 1. The summed E-state index contributed by atoms with van der Waals surface area (Å²) in [5.74, 6) is 0.430. The van der Waals surface area contributed by atoms with E-state index in [0.29, 0.717) is 25.7 Å². The average molecular weight is 230 g/mol. The predicted molar refractivity (Wildman–Crippen MR) is 61.2 cm³/mol. The molecule has 0 saturated carbocycles. The van der Waals surface area contributed by atoms with E-state index in [1.54, 1.807) is 4.90 Å². The lowest BCUT2D eigenvalue weighted by Gasteiger charge is -2.39. The van der Waals surface area contributed by atoms with Gasteiger partial charge >= 0.3 is 6.09 Å². The summed E-state index contributed by atoms with van der Waals surface area (Å²) in [4.78, 5) is 13.3. The summed E-state index contributed by atoms with van der Waals surface area (Å²) in [6.45, 7) is 8.85. The van der Waals surface area contributed by atoms with Crippen molar-refractivity contribution >= 4 is 6.09 Å². The second-order valence-electron chi connectivity index (χ2n) is 5.11. The fourth-order valence-corrected chi connectivity index (χ4v) is 1.48. The molecule has 0 aromatic heterocycles. The zero-order valence-corrected chi connectivity index (χ0v) is 10.4. The molecule has 16 heavy (non-hydrogen) atoms. The second-order valence-corrected chi connectivity index (χ2v) is 5.11. The van der Waals surface area contributed by atoms with Crippen molar-refractivity contribution in [2.45, 2.75) is 26.4 Å². The van der Waals surface area contributed by atoms with Gasteiger partial charge < -0.3 is 20.1 Å². The lowest BCUT2D eigenvalue weighted by atomic mass is 10.0. The van der Waals surface area contributed by atoms with Gasteiger partial charge in [-0.1, -0.05) is 0 Å². The molecule has 0 aromatic rings. The molecule has 0 aliphatic carbocycles. The van der Waals surface area contributed by atoms with Gasteiger partial charge in [-0.2, -0.15) is 0 Å². The van der Waals surface area contributed by atoms with E-state index < -0.39 is 5.60 Å². The van der Waals surface area contributed by atoms with E-state index in [4.69, 9.17) is 15.2 Å². The number of rotatable bonds is 4. The number of hydrogen-bond acceptors (Lipinski definition) is 4. The number of nitrogens with two attached hydrogens (primary N) is 1. The normalized spacial score (nSPS) is 17.1. The van der Waals surface area contributed by atoms with Crippen molar-refractivity contribution in [3.63, 3.8) is 0 Å². The first-order valence-corrected chi connectivity index (χ1v) is 5.68. The third kappa shape index (κ3) is 4.37. The number of carbonyl (C=O) groups is 1. The first kappa shape index (κ1) is 13.3. The summed E-state index contributed by atoms with van der Waals surface area (Å²) in [6, 6.07) is 0. The molecule has 5 nitrogen and oxygen atoms in total. The van der Waals surface area contributed by atoms with E-state index in [1.165, 1.54) is 0 Å². The van der Waals surface area contributed by atoms with Gasteiger partial charge in [0, 0.05) is 25.6 Å². The van der Waals surface area contributed by atoms with Crippen LogP contribution in [0.3, 0.4) is 0 Å². The minimum absolute atomic E-state index is 0.234. The Kier molecular flexibility index (Phi) is 4.56. The van der Waals surface area contributed by atoms with E-state index in [2.05, 4.69) is 0 Å². The summed E-state index contributed by atoms with van der Waals surface area (Å²) >= 11 is 0. The van der Waals surface area contributed by atoms with Gasteiger partial charge in [0.1, 0.15) is 5.60 Å². The van der Waals surface area contributed by atoms with Crippen molar-refractivity contribution in [3.05, 3.63) is 0 Å². The molecule has 0 radical (unpaired) electrons. The van der Waals surface area contributed by atoms with Crippen molar-refractivity contribution in [2.24, 2.45) is 11.7 Å². The number of likely N-dealkylation sites (tertiary alicyclic amines) is 1.